The highest BCUT2D eigenvalue weighted by atomic mass is 16.8. The van der Waals surface area contributed by atoms with Gasteiger partial charge in [-0.05, 0) is 19.8 Å². The molecule has 5 atom stereocenters. The zero-order chi connectivity index (χ0) is 34.5. The third kappa shape index (κ3) is 19.9. The predicted octanol–water partition coefficient (Wildman–Crippen LogP) is 7.85. The number of aliphatic hydroxyl groups is 1. The first-order chi connectivity index (χ1) is 22.9. The molecule has 47 heavy (non-hydrogen) atoms. The SMILES string of the molecule is C=CCOC(=O)O[C@H]1[C@H](OCCCCCCCCCC)[C@@H](NC(=O)CC(=O)CCCCCCCCCCC)[C@@H](O/C=C/C)O[C@@H]1CO. The summed E-state index contributed by atoms with van der Waals surface area (Å²) in [5.41, 5.74) is 0. The van der Waals surface area contributed by atoms with Crippen molar-refractivity contribution in [3.8, 4) is 0 Å². The minimum absolute atomic E-state index is 0.0613. The van der Waals surface area contributed by atoms with Crippen LogP contribution in [0.25, 0.3) is 0 Å². The van der Waals surface area contributed by atoms with Crippen LogP contribution in [-0.2, 0) is 33.3 Å². The molecule has 1 amide bonds. The predicted molar refractivity (Wildman–Crippen MR) is 184 cm³/mol. The zero-order valence-electron chi connectivity index (χ0n) is 29.6. The van der Waals surface area contributed by atoms with Crippen molar-refractivity contribution in [2.24, 2.45) is 0 Å². The summed E-state index contributed by atoms with van der Waals surface area (Å²) in [6, 6.07) is -0.937. The maximum atomic E-state index is 13.2. The molecule has 0 spiro atoms. The molecule has 0 aromatic rings. The zero-order valence-corrected chi connectivity index (χ0v) is 29.6. The number of hydrogen-bond donors (Lipinski definition) is 2. The number of amides is 1. The molecule has 0 radical (unpaired) electrons. The Labute approximate surface area is 284 Å². The van der Waals surface area contributed by atoms with Gasteiger partial charge in [-0.3, -0.25) is 9.59 Å². The molecule has 2 N–H and O–H groups in total. The highest BCUT2D eigenvalue weighted by molar-refractivity contribution is 5.98. The summed E-state index contributed by atoms with van der Waals surface area (Å²) in [7, 11) is 0. The average molecular weight is 668 g/mol. The molecule has 272 valence electrons. The fourth-order valence-corrected chi connectivity index (χ4v) is 5.68. The fraction of sp³-hybridized carbons (Fsp3) is 0.811. The fourth-order valence-electron chi connectivity index (χ4n) is 5.68. The van der Waals surface area contributed by atoms with E-state index in [1.165, 1.54) is 76.5 Å². The summed E-state index contributed by atoms with van der Waals surface area (Å²) in [6.45, 7) is 9.50. The molecule has 10 nitrogen and oxygen atoms in total. The highest BCUT2D eigenvalue weighted by Crippen LogP contribution is 2.28. The van der Waals surface area contributed by atoms with E-state index >= 15 is 0 Å². The van der Waals surface area contributed by atoms with Crippen LogP contribution in [0.3, 0.4) is 0 Å². The molecular formula is C37H65NO9. The number of aliphatic hydroxyl groups excluding tert-OH is 1. The number of hydrogen-bond acceptors (Lipinski definition) is 9. The quantitative estimate of drug-likeness (QED) is 0.0269. The van der Waals surface area contributed by atoms with Gasteiger partial charge in [-0.25, -0.2) is 4.79 Å². The highest BCUT2D eigenvalue weighted by Gasteiger charge is 2.50. The Morgan fingerprint density at radius 1 is 0.830 bits per heavy atom. The summed E-state index contributed by atoms with van der Waals surface area (Å²) >= 11 is 0. The Morgan fingerprint density at radius 3 is 1.96 bits per heavy atom. The number of allylic oxidation sites excluding steroid dienone is 1. The lowest BCUT2D eigenvalue weighted by molar-refractivity contribution is -0.265. The van der Waals surface area contributed by atoms with Crippen LogP contribution >= 0.6 is 0 Å². The normalized spacial score (nSPS) is 21.0. The van der Waals surface area contributed by atoms with E-state index < -0.39 is 49.3 Å². The van der Waals surface area contributed by atoms with Crippen molar-refractivity contribution in [1.82, 2.24) is 5.32 Å². The van der Waals surface area contributed by atoms with Gasteiger partial charge in [0.25, 0.3) is 0 Å². The van der Waals surface area contributed by atoms with Gasteiger partial charge in [-0.2, -0.15) is 0 Å². The van der Waals surface area contributed by atoms with Crippen LogP contribution in [0.4, 0.5) is 4.79 Å². The molecule has 1 aliphatic rings. The number of nitrogens with one attached hydrogen (secondary N) is 1. The van der Waals surface area contributed by atoms with Crippen molar-refractivity contribution >= 4 is 17.8 Å². The minimum Gasteiger partial charge on any atom is -0.471 e. The standard InChI is InChI=1S/C37H65NO9/c1-5-9-11-13-15-17-18-20-22-24-30(40)28-32(41)38-33-35(43-27-23-21-19-16-14-12-10-6-2)34(47-37(42)45-26-8-4)31(29-39)46-36(33)44-25-7-3/h7-8,25,31,33-36,39H,4-6,9-24,26-29H2,1-3H3,(H,38,41)/b25-7+/t31-,33-,34-,35-,36+/m1/s1. The number of ketones is 1. The van der Waals surface area contributed by atoms with Crippen molar-refractivity contribution < 1.29 is 43.2 Å². The van der Waals surface area contributed by atoms with Crippen molar-refractivity contribution in [3.05, 3.63) is 25.0 Å². The Balaban J connectivity index is 2.88. The number of Topliss-reactive ketones (excluding diaryl/α,β-unsaturated/α-hetero) is 1. The maximum absolute atomic E-state index is 13.2. The lowest BCUT2D eigenvalue weighted by Crippen LogP contribution is -2.66. The summed E-state index contributed by atoms with van der Waals surface area (Å²) in [5.74, 6) is -0.636. The number of carbonyl (C=O) groups excluding carboxylic acids is 3. The smallest absolute Gasteiger partial charge is 0.471 e. The summed E-state index contributed by atoms with van der Waals surface area (Å²) in [4.78, 5) is 38.4. The molecule has 1 fully saturated rings. The van der Waals surface area contributed by atoms with Gasteiger partial charge in [-0.15, -0.1) is 0 Å². The van der Waals surface area contributed by atoms with Gasteiger partial charge in [0.1, 0.15) is 30.6 Å². The van der Waals surface area contributed by atoms with Gasteiger partial charge in [0, 0.05) is 13.0 Å². The number of ether oxygens (including phenoxy) is 5. The monoisotopic (exact) mass is 667 g/mol. The van der Waals surface area contributed by atoms with Crippen LogP contribution in [0.15, 0.2) is 25.0 Å². The summed E-state index contributed by atoms with van der Waals surface area (Å²) < 4.78 is 28.7. The Morgan fingerprint density at radius 2 is 1.40 bits per heavy atom. The van der Waals surface area contributed by atoms with E-state index in [9.17, 15) is 19.5 Å². The van der Waals surface area contributed by atoms with Crippen molar-refractivity contribution in [2.45, 2.75) is 173 Å². The van der Waals surface area contributed by atoms with Crippen LogP contribution in [0.1, 0.15) is 143 Å². The van der Waals surface area contributed by atoms with Crippen LogP contribution in [-0.4, -0.2) is 73.4 Å². The number of unbranched alkanes of at least 4 members (excludes halogenated alkanes) is 15. The largest absolute Gasteiger partial charge is 0.509 e. The van der Waals surface area contributed by atoms with Crippen LogP contribution < -0.4 is 5.32 Å². The van der Waals surface area contributed by atoms with E-state index in [1.54, 1.807) is 13.0 Å². The summed E-state index contributed by atoms with van der Waals surface area (Å²) in [6.07, 6.45) is 18.6. The topological polar surface area (TPSA) is 130 Å². The van der Waals surface area contributed by atoms with Crippen molar-refractivity contribution in [3.63, 3.8) is 0 Å². The number of rotatable bonds is 29. The molecule has 1 aliphatic heterocycles. The van der Waals surface area contributed by atoms with Crippen LogP contribution in [0.2, 0.25) is 0 Å². The molecule has 0 unspecified atom stereocenters. The minimum atomic E-state index is -1.11. The van der Waals surface area contributed by atoms with Gasteiger partial charge in [-0.1, -0.05) is 129 Å². The van der Waals surface area contributed by atoms with E-state index in [4.69, 9.17) is 23.7 Å². The van der Waals surface area contributed by atoms with Gasteiger partial charge in [0.05, 0.1) is 19.3 Å². The second-order valence-electron chi connectivity index (χ2n) is 12.5. The Bertz CT molecular complexity index is 865. The molecule has 0 aromatic carbocycles. The first-order valence-electron chi connectivity index (χ1n) is 18.3. The van der Waals surface area contributed by atoms with Crippen LogP contribution in [0.5, 0.6) is 0 Å². The lowest BCUT2D eigenvalue weighted by atomic mass is 9.95. The average Bonchev–Trinajstić information content (AvgIpc) is 3.06. The van der Waals surface area contributed by atoms with Crippen LogP contribution in [0, 0.1) is 0 Å². The first-order valence-corrected chi connectivity index (χ1v) is 18.3. The molecule has 0 aliphatic carbocycles. The molecule has 0 bridgehead atoms. The van der Waals surface area contributed by atoms with Crippen molar-refractivity contribution in [2.75, 3.05) is 19.8 Å². The second-order valence-corrected chi connectivity index (χ2v) is 12.5. The first kappa shape index (κ1) is 42.6. The Hall–Kier alpha value is -2.43. The lowest BCUT2D eigenvalue weighted by Gasteiger charge is -2.44. The molecule has 1 saturated heterocycles. The van der Waals surface area contributed by atoms with Gasteiger partial charge < -0.3 is 34.1 Å². The maximum Gasteiger partial charge on any atom is 0.509 e. The van der Waals surface area contributed by atoms with Gasteiger partial charge in [0.2, 0.25) is 12.2 Å². The van der Waals surface area contributed by atoms with E-state index in [-0.39, 0.29) is 18.8 Å². The molecule has 0 aromatic heterocycles. The van der Waals surface area contributed by atoms with E-state index in [0.717, 1.165) is 44.9 Å². The molecule has 1 heterocycles. The van der Waals surface area contributed by atoms with Gasteiger partial charge in [0.15, 0.2) is 6.10 Å². The van der Waals surface area contributed by atoms with E-state index in [2.05, 4.69) is 25.7 Å². The molecule has 0 saturated carbocycles. The van der Waals surface area contributed by atoms with E-state index in [0.29, 0.717) is 13.0 Å². The van der Waals surface area contributed by atoms with Gasteiger partial charge >= 0.3 is 6.16 Å². The third-order valence-electron chi connectivity index (χ3n) is 8.28. The third-order valence-corrected chi connectivity index (χ3v) is 8.28. The Kier molecular flexibility index (Phi) is 25.9. The summed E-state index contributed by atoms with van der Waals surface area (Å²) in [5, 5.41) is 13.0. The molecule has 1 rings (SSSR count). The molecule has 10 heteroatoms. The second kappa shape index (κ2) is 28.6. The molecular weight excluding hydrogens is 602 g/mol. The number of carbonyl (C=O) groups is 3. The van der Waals surface area contributed by atoms with Crippen molar-refractivity contribution in [1.29, 1.82) is 0 Å². The van der Waals surface area contributed by atoms with E-state index in [1.807, 2.05) is 0 Å².